The number of carboxylic acid groups (broad SMARTS) is 1. The number of aliphatic carboxylic acids is 1. The van der Waals surface area contributed by atoms with Crippen molar-refractivity contribution in [3.63, 3.8) is 0 Å². The molecule has 0 aliphatic carbocycles. The number of hydrogen-bond acceptors (Lipinski definition) is 5. The van der Waals surface area contributed by atoms with Crippen molar-refractivity contribution in [3.05, 3.63) is 41.2 Å². The fourth-order valence-electron chi connectivity index (χ4n) is 2.62. The number of nitrogens with zero attached hydrogens (tertiary/aromatic N) is 1. The first-order valence-corrected chi connectivity index (χ1v) is 8.13. The molecule has 2 heterocycles. The number of rotatable bonds is 5. The highest BCUT2D eigenvalue weighted by Crippen LogP contribution is 2.29. The number of carboxylic acids is 1. The summed E-state index contributed by atoms with van der Waals surface area (Å²) >= 11 is 1.06. The Morgan fingerprint density at radius 1 is 1.42 bits per heavy atom. The summed E-state index contributed by atoms with van der Waals surface area (Å²) in [6.45, 7) is 0.556. The second-order valence-electron chi connectivity index (χ2n) is 5.62. The van der Waals surface area contributed by atoms with E-state index < -0.39 is 23.2 Å². The molecule has 1 saturated heterocycles. The average Bonchev–Trinajstić information content (AvgIpc) is 3.17. The normalized spacial score (nSPS) is 20.0. The zero-order valence-electron chi connectivity index (χ0n) is 12.6. The monoisotopic (exact) mass is 350 g/mol. The third-order valence-electron chi connectivity index (χ3n) is 3.81. The first-order chi connectivity index (χ1) is 11.5. The van der Waals surface area contributed by atoms with Gasteiger partial charge < -0.3 is 15.2 Å². The lowest BCUT2D eigenvalue weighted by molar-refractivity contribution is -0.138. The molecule has 1 aromatic carbocycles. The lowest BCUT2D eigenvalue weighted by Gasteiger charge is -2.26. The van der Waals surface area contributed by atoms with E-state index >= 15 is 0 Å². The van der Waals surface area contributed by atoms with E-state index in [4.69, 9.17) is 9.84 Å². The molecular weight excluding hydrogens is 335 g/mol. The molecule has 1 aliphatic heterocycles. The number of benzene rings is 1. The van der Waals surface area contributed by atoms with Gasteiger partial charge in [0.2, 0.25) is 0 Å². The topological polar surface area (TPSA) is 88.5 Å². The van der Waals surface area contributed by atoms with Gasteiger partial charge in [0.25, 0.3) is 5.91 Å². The molecule has 6 nitrogen and oxygen atoms in total. The number of hydrogen-bond donors (Lipinski definition) is 2. The predicted octanol–water partition coefficient (Wildman–Crippen LogP) is 2.31. The fraction of sp³-hybridized carbons (Fsp3) is 0.312. The molecule has 0 spiro atoms. The molecule has 2 aromatic rings. The van der Waals surface area contributed by atoms with E-state index in [0.717, 1.165) is 11.3 Å². The lowest BCUT2D eigenvalue weighted by Crippen LogP contribution is -2.50. The van der Waals surface area contributed by atoms with Crippen LogP contribution < -0.4 is 5.32 Å². The third-order valence-corrected chi connectivity index (χ3v) is 4.83. The van der Waals surface area contributed by atoms with Crippen LogP contribution in [0.5, 0.6) is 0 Å². The van der Waals surface area contributed by atoms with E-state index in [1.54, 1.807) is 18.2 Å². The summed E-state index contributed by atoms with van der Waals surface area (Å²) in [5.74, 6) is -1.84. The summed E-state index contributed by atoms with van der Waals surface area (Å²) < 4.78 is 19.1. The largest absolute Gasteiger partial charge is 0.481 e. The van der Waals surface area contributed by atoms with Gasteiger partial charge >= 0.3 is 5.97 Å². The second kappa shape index (κ2) is 6.66. The van der Waals surface area contributed by atoms with Crippen LogP contribution in [-0.2, 0) is 9.53 Å². The number of ether oxygens (including phenoxy) is 1. The van der Waals surface area contributed by atoms with Crippen LogP contribution in [0.4, 0.5) is 4.39 Å². The van der Waals surface area contributed by atoms with E-state index in [1.165, 1.54) is 12.3 Å². The summed E-state index contributed by atoms with van der Waals surface area (Å²) in [7, 11) is 0. The number of thiazole rings is 1. The van der Waals surface area contributed by atoms with E-state index in [1.807, 2.05) is 0 Å². The van der Waals surface area contributed by atoms with Crippen LogP contribution in [0.25, 0.3) is 10.6 Å². The smallest absolute Gasteiger partial charge is 0.305 e. The summed E-state index contributed by atoms with van der Waals surface area (Å²) in [6, 6.07) is 6.19. The van der Waals surface area contributed by atoms with Crippen molar-refractivity contribution < 1.29 is 23.8 Å². The average molecular weight is 350 g/mol. The molecular formula is C16H15FN2O4S. The van der Waals surface area contributed by atoms with Crippen LogP contribution >= 0.6 is 11.3 Å². The Kier molecular flexibility index (Phi) is 4.59. The summed E-state index contributed by atoms with van der Waals surface area (Å²) in [5, 5.41) is 12.2. The number of halogens is 1. The highest BCUT2D eigenvalue weighted by atomic mass is 32.1. The highest BCUT2D eigenvalue weighted by molar-refractivity contribution is 7.16. The lowest BCUT2D eigenvalue weighted by atomic mass is 9.94. The van der Waals surface area contributed by atoms with E-state index in [-0.39, 0.29) is 13.0 Å². The number of aromatic nitrogens is 1. The van der Waals surface area contributed by atoms with E-state index in [2.05, 4.69) is 10.3 Å². The first kappa shape index (κ1) is 16.5. The van der Waals surface area contributed by atoms with Crippen LogP contribution in [0.2, 0.25) is 0 Å². The second-order valence-corrected chi connectivity index (χ2v) is 6.65. The van der Waals surface area contributed by atoms with Gasteiger partial charge in [0, 0.05) is 12.2 Å². The molecule has 1 aromatic heterocycles. The maximum atomic E-state index is 13.8. The summed E-state index contributed by atoms with van der Waals surface area (Å²) in [6.07, 6.45) is 1.59. The van der Waals surface area contributed by atoms with Gasteiger partial charge in [-0.2, -0.15) is 0 Å². The molecule has 0 bridgehead atoms. The van der Waals surface area contributed by atoms with E-state index in [0.29, 0.717) is 28.5 Å². The van der Waals surface area contributed by atoms with Crippen molar-refractivity contribution in [2.24, 2.45) is 0 Å². The van der Waals surface area contributed by atoms with Crippen molar-refractivity contribution in [1.82, 2.24) is 10.3 Å². The van der Waals surface area contributed by atoms with Crippen LogP contribution in [0.3, 0.4) is 0 Å². The Morgan fingerprint density at radius 3 is 2.88 bits per heavy atom. The van der Waals surface area contributed by atoms with Gasteiger partial charge in [0.05, 0.1) is 24.8 Å². The summed E-state index contributed by atoms with van der Waals surface area (Å²) in [4.78, 5) is 27.9. The third kappa shape index (κ3) is 3.44. The minimum atomic E-state index is -1.00. The fourth-order valence-corrected chi connectivity index (χ4v) is 3.46. The number of carbonyl (C=O) groups excluding carboxylic acids is 1. The molecule has 2 N–H and O–H groups in total. The Hall–Kier alpha value is -2.32. The van der Waals surface area contributed by atoms with Gasteiger partial charge in [0.15, 0.2) is 0 Å². The van der Waals surface area contributed by atoms with Crippen molar-refractivity contribution in [1.29, 1.82) is 0 Å². The molecule has 0 radical (unpaired) electrons. The number of carbonyl (C=O) groups is 2. The molecule has 1 aliphatic rings. The van der Waals surface area contributed by atoms with Gasteiger partial charge in [-0.05, 0) is 18.6 Å². The van der Waals surface area contributed by atoms with Crippen molar-refractivity contribution in [2.45, 2.75) is 18.4 Å². The molecule has 1 amide bonds. The Labute approximate surface area is 141 Å². The van der Waals surface area contributed by atoms with Crippen LogP contribution in [0, 0.1) is 5.82 Å². The van der Waals surface area contributed by atoms with Gasteiger partial charge in [0.1, 0.15) is 15.7 Å². The van der Waals surface area contributed by atoms with Crippen LogP contribution in [0.15, 0.2) is 30.5 Å². The van der Waals surface area contributed by atoms with Crippen LogP contribution in [-0.4, -0.2) is 40.7 Å². The summed E-state index contributed by atoms with van der Waals surface area (Å²) in [5.41, 5.74) is -0.587. The maximum Gasteiger partial charge on any atom is 0.305 e. The predicted molar refractivity (Wildman–Crippen MR) is 85.4 cm³/mol. The molecule has 24 heavy (non-hydrogen) atoms. The van der Waals surface area contributed by atoms with E-state index in [9.17, 15) is 14.0 Å². The van der Waals surface area contributed by atoms with Gasteiger partial charge in [-0.25, -0.2) is 9.37 Å². The first-order valence-electron chi connectivity index (χ1n) is 7.32. The van der Waals surface area contributed by atoms with Crippen molar-refractivity contribution >= 4 is 23.2 Å². The molecule has 1 fully saturated rings. The molecule has 126 valence electrons. The molecule has 1 unspecified atom stereocenters. The molecule has 0 saturated carbocycles. The number of nitrogens with one attached hydrogen (secondary N) is 1. The SMILES string of the molecule is O=C(O)CC1(NC(=O)c2cnc(-c3ccccc3F)s2)CCOC1. The molecule has 1 atom stereocenters. The van der Waals surface area contributed by atoms with Gasteiger partial charge in [-0.1, -0.05) is 12.1 Å². The molecule has 8 heteroatoms. The van der Waals surface area contributed by atoms with Crippen LogP contribution in [0.1, 0.15) is 22.5 Å². The van der Waals surface area contributed by atoms with Crippen molar-refractivity contribution in [2.75, 3.05) is 13.2 Å². The quantitative estimate of drug-likeness (QED) is 0.864. The molecule has 3 rings (SSSR count). The zero-order chi connectivity index (χ0) is 17.2. The highest BCUT2D eigenvalue weighted by Gasteiger charge is 2.39. The number of amides is 1. The van der Waals surface area contributed by atoms with Gasteiger partial charge in [-0.15, -0.1) is 11.3 Å². The Morgan fingerprint density at radius 2 is 2.21 bits per heavy atom. The standard InChI is InChI=1S/C16H15FN2O4S/c17-11-4-2-1-3-10(11)15-18-8-12(24-15)14(22)19-16(7-13(20)21)5-6-23-9-16/h1-4,8H,5-7,9H2,(H,19,22)(H,20,21). The Bertz CT molecular complexity index is 771. The van der Waals surface area contributed by atoms with Gasteiger partial charge in [-0.3, -0.25) is 9.59 Å². The zero-order valence-corrected chi connectivity index (χ0v) is 13.4. The minimum Gasteiger partial charge on any atom is -0.481 e. The van der Waals surface area contributed by atoms with Crippen molar-refractivity contribution in [3.8, 4) is 10.6 Å². The maximum absolute atomic E-state index is 13.8. The minimum absolute atomic E-state index is 0.157. The Balaban J connectivity index is 1.79.